The van der Waals surface area contributed by atoms with Crippen LogP contribution < -0.4 is 5.32 Å². The summed E-state index contributed by atoms with van der Waals surface area (Å²) in [5.74, 6) is -0.0363. The van der Waals surface area contributed by atoms with Crippen LogP contribution in [-0.4, -0.2) is 16.3 Å². The molecular weight excluding hydrogens is 339 g/mol. The first-order valence-electron chi connectivity index (χ1n) is 6.67. The number of rotatable bonds is 3. The maximum Gasteiger partial charge on any atom is 0.239 e. The zero-order valence-corrected chi connectivity index (χ0v) is 13.8. The number of thioether (sulfide) groups is 1. The average molecular weight is 351 g/mol. The monoisotopic (exact) mass is 350 g/mol. The minimum absolute atomic E-state index is 0.0363. The van der Waals surface area contributed by atoms with E-state index in [9.17, 15) is 4.79 Å². The van der Waals surface area contributed by atoms with E-state index in [1.165, 1.54) is 11.8 Å². The van der Waals surface area contributed by atoms with Gasteiger partial charge in [0.1, 0.15) is 0 Å². The molecule has 1 amide bonds. The topological polar surface area (TPSA) is 41.5 Å². The Morgan fingerprint density at radius 3 is 2.59 bits per heavy atom. The molecule has 1 aliphatic heterocycles. The van der Waals surface area contributed by atoms with Gasteiger partial charge in [0.2, 0.25) is 5.91 Å². The molecule has 1 atom stereocenters. The molecule has 0 radical (unpaired) electrons. The molecule has 0 bridgehead atoms. The molecule has 2 aromatic rings. The van der Waals surface area contributed by atoms with Crippen molar-refractivity contribution in [3.8, 4) is 0 Å². The first-order chi connectivity index (χ1) is 10.6. The number of carbonyl (C=O) groups excluding carboxylic acids is 1. The first kappa shape index (κ1) is 15.4. The molecule has 0 aromatic heterocycles. The van der Waals surface area contributed by atoms with Gasteiger partial charge in [-0.15, -0.1) is 0 Å². The lowest BCUT2D eigenvalue weighted by Crippen LogP contribution is -2.25. The van der Waals surface area contributed by atoms with Crippen molar-refractivity contribution in [2.24, 2.45) is 4.99 Å². The van der Waals surface area contributed by atoms with E-state index in [1.54, 1.807) is 12.1 Å². The normalized spacial score (nSPS) is 19.5. The highest BCUT2D eigenvalue weighted by molar-refractivity contribution is 8.15. The lowest BCUT2D eigenvalue weighted by atomic mass is 10.1. The van der Waals surface area contributed by atoms with E-state index in [0.29, 0.717) is 21.6 Å². The van der Waals surface area contributed by atoms with Crippen LogP contribution in [-0.2, 0) is 11.2 Å². The summed E-state index contributed by atoms with van der Waals surface area (Å²) in [5.41, 5.74) is 1.79. The fraction of sp³-hybridized carbons (Fsp3) is 0.125. The van der Waals surface area contributed by atoms with Crippen molar-refractivity contribution in [3.63, 3.8) is 0 Å². The summed E-state index contributed by atoms with van der Waals surface area (Å²) >= 11 is 13.3. The zero-order valence-electron chi connectivity index (χ0n) is 11.4. The smallest absolute Gasteiger partial charge is 0.239 e. The van der Waals surface area contributed by atoms with Crippen LogP contribution in [0, 0.1) is 0 Å². The van der Waals surface area contributed by atoms with Crippen molar-refractivity contribution in [2.45, 2.75) is 11.7 Å². The predicted octanol–water partition coefficient (Wildman–Crippen LogP) is 4.46. The number of carbonyl (C=O) groups is 1. The number of benzene rings is 2. The molecule has 3 nitrogen and oxygen atoms in total. The third-order valence-corrected chi connectivity index (χ3v) is 4.99. The van der Waals surface area contributed by atoms with Crippen molar-refractivity contribution < 1.29 is 4.79 Å². The minimum Gasteiger partial charge on any atom is -0.304 e. The van der Waals surface area contributed by atoms with Crippen molar-refractivity contribution >= 4 is 51.7 Å². The Labute approximate surface area is 142 Å². The van der Waals surface area contributed by atoms with E-state index < -0.39 is 0 Å². The molecule has 1 N–H and O–H groups in total. The van der Waals surface area contributed by atoms with Crippen LogP contribution in [0.4, 0.5) is 5.69 Å². The molecule has 2 aromatic carbocycles. The SMILES string of the molecule is O=C1NC(=Nc2ccccc2)S[C@@H]1Cc1ccc(Cl)c(Cl)c1. The van der Waals surface area contributed by atoms with Gasteiger partial charge in [-0.1, -0.05) is 59.2 Å². The van der Waals surface area contributed by atoms with E-state index in [2.05, 4.69) is 10.3 Å². The molecule has 0 saturated carbocycles. The highest BCUT2D eigenvalue weighted by atomic mass is 35.5. The van der Waals surface area contributed by atoms with Crippen LogP contribution in [0.1, 0.15) is 5.56 Å². The molecule has 1 fully saturated rings. The number of nitrogens with zero attached hydrogens (tertiary/aromatic N) is 1. The Hall–Kier alpha value is -1.49. The van der Waals surface area contributed by atoms with Gasteiger partial charge in [-0.25, -0.2) is 4.99 Å². The summed E-state index contributed by atoms with van der Waals surface area (Å²) in [7, 11) is 0. The van der Waals surface area contributed by atoms with Gasteiger partial charge in [0, 0.05) is 0 Å². The second-order valence-corrected chi connectivity index (χ2v) is 6.81. The molecule has 0 aliphatic carbocycles. The number of nitrogens with one attached hydrogen (secondary N) is 1. The van der Waals surface area contributed by atoms with E-state index in [0.717, 1.165) is 11.3 Å². The summed E-state index contributed by atoms with van der Waals surface area (Å²) in [5, 5.41) is 4.25. The molecule has 1 aliphatic rings. The Morgan fingerprint density at radius 2 is 1.86 bits per heavy atom. The number of para-hydroxylation sites is 1. The van der Waals surface area contributed by atoms with E-state index in [4.69, 9.17) is 23.2 Å². The average Bonchev–Trinajstić information content (AvgIpc) is 2.84. The molecule has 0 unspecified atom stereocenters. The Bertz CT molecular complexity index is 734. The largest absolute Gasteiger partial charge is 0.304 e. The van der Waals surface area contributed by atoms with Crippen molar-refractivity contribution in [1.82, 2.24) is 5.32 Å². The van der Waals surface area contributed by atoms with Crippen molar-refractivity contribution in [3.05, 3.63) is 64.1 Å². The number of amidine groups is 1. The highest BCUT2D eigenvalue weighted by Crippen LogP contribution is 2.28. The molecule has 1 heterocycles. The maximum absolute atomic E-state index is 12.1. The number of hydrogen-bond acceptors (Lipinski definition) is 3. The van der Waals surface area contributed by atoms with Gasteiger partial charge in [0.15, 0.2) is 5.17 Å². The van der Waals surface area contributed by atoms with Gasteiger partial charge in [-0.05, 0) is 36.2 Å². The van der Waals surface area contributed by atoms with Gasteiger partial charge >= 0.3 is 0 Å². The van der Waals surface area contributed by atoms with E-state index in [-0.39, 0.29) is 11.2 Å². The number of hydrogen-bond donors (Lipinski definition) is 1. The zero-order chi connectivity index (χ0) is 15.5. The van der Waals surface area contributed by atoms with Gasteiger partial charge in [0.05, 0.1) is 21.0 Å². The number of halogens is 2. The molecule has 0 spiro atoms. The summed E-state index contributed by atoms with van der Waals surface area (Å²) in [6.45, 7) is 0. The molecule has 3 rings (SSSR count). The third-order valence-electron chi connectivity index (χ3n) is 3.17. The fourth-order valence-corrected chi connectivity index (χ4v) is 3.44. The van der Waals surface area contributed by atoms with E-state index >= 15 is 0 Å². The van der Waals surface area contributed by atoms with Crippen LogP contribution in [0.2, 0.25) is 10.0 Å². The van der Waals surface area contributed by atoms with Crippen LogP contribution >= 0.6 is 35.0 Å². The minimum atomic E-state index is -0.209. The van der Waals surface area contributed by atoms with Crippen molar-refractivity contribution in [2.75, 3.05) is 0 Å². The van der Waals surface area contributed by atoms with Crippen LogP contribution in [0.5, 0.6) is 0 Å². The predicted molar refractivity (Wildman–Crippen MR) is 93.2 cm³/mol. The quantitative estimate of drug-likeness (QED) is 0.887. The summed E-state index contributed by atoms with van der Waals surface area (Å²) < 4.78 is 0. The van der Waals surface area contributed by atoms with Gasteiger partial charge in [-0.2, -0.15) is 0 Å². The summed E-state index contributed by atoms with van der Waals surface area (Å²) in [6, 6.07) is 15.0. The lowest BCUT2D eigenvalue weighted by Gasteiger charge is -2.06. The second-order valence-electron chi connectivity index (χ2n) is 4.80. The Morgan fingerprint density at radius 1 is 1.09 bits per heavy atom. The molecule has 22 heavy (non-hydrogen) atoms. The van der Waals surface area contributed by atoms with Gasteiger partial charge in [-0.3, -0.25) is 4.79 Å². The lowest BCUT2D eigenvalue weighted by molar-refractivity contribution is -0.118. The fourth-order valence-electron chi connectivity index (χ4n) is 2.09. The summed E-state index contributed by atoms with van der Waals surface area (Å²) in [4.78, 5) is 16.5. The first-order valence-corrected chi connectivity index (χ1v) is 8.30. The Balaban J connectivity index is 1.72. The molecule has 112 valence electrons. The standard InChI is InChI=1S/C16H12Cl2N2OS/c17-12-7-6-10(8-13(12)18)9-14-15(21)20-16(22-14)19-11-4-2-1-3-5-11/h1-8,14H,9H2,(H,19,20,21)/t14-/m1/s1. The Kier molecular flexibility index (Phi) is 4.71. The van der Waals surface area contributed by atoms with Crippen LogP contribution in [0.15, 0.2) is 53.5 Å². The number of aliphatic imine (C=N–C) groups is 1. The number of amides is 1. The molecule has 6 heteroatoms. The van der Waals surface area contributed by atoms with Gasteiger partial charge in [0.25, 0.3) is 0 Å². The molecular formula is C16H12Cl2N2OS. The van der Waals surface area contributed by atoms with E-state index in [1.807, 2.05) is 36.4 Å². The van der Waals surface area contributed by atoms with Gasteiger partial charge < -0.3 is 5.32 Å². The maximum atomic E-state index is 12.1. The molecule has 1 saturated heterocycles. The van der Waals surface area contributed by atoms with Crippen LogP contribution in [0.3, 0.4) is 0 Å². The summed E-state index contributed by atoms with van der Waals surface area (Å²) in [6.07, 6.45) is 0.585. The van der Waals surface area contributed by atoms with Crippen LogP contribution in [0.25, 0.3) is 0 Å². The second kappa shape index (κ2) is 6.73. The van der Waals surface area contributed by atoms with Crippen molar-refractivity contribution in [1.29, 1.82) is 0 Å². The third kappa shape index (κ3) is 3.64. The highest BCUT2D eigenvalue weighted by Gasteiger charge is 2.30.